The molecule has 0 fully saturated rings. The minimum Gasteiger partial charge on any atom is -0.402 e. The van der Waals surface area contributed by atoms with Gasteiger partial charge in [-0.25, -0.2) is 8.42 Å². The quantitative estimate of drug-likeness (QED) is 0.354. The summed E-state index contributed by atoms with van der Waals surface area (Å²) in [5.41, 5.74) is 1.91. The summed E-state index contributed by atoms with van der Waals surface area (Å²) in [5, 5.41) is 20.9. The van der Waals surface area contributed by atoms with Gasteiger partial charge in [0.05, 0.1) is 4.90 Å². The lowest BCUT2D eigenvalue weighted by atomic mass is 10.1. The number of carbonyl (C=O) groups excluding carboxylic acids is 1. The highest BCUT2D eigenvalue weighted by atomic mass is 32.2. The highest BCUT2D eigenvalue weighted by Crippen LogP contribution is 2.18. The Kier molecular flexibility index (Phi) is 9.21. The van der Waals surface area contributed by atoms with Gasteiger partial charge >= 0.3 is 7.32 Å². The van der Waals surface area contributed by atoms with Crippen LogP contribution in [-0.4, -0.2) is 54.8 Å². The average Bonchev–Trinajstić information content (AvgIpc) is 2.69. The van der Waals surface area contributed by atoms with Crippen LogP contribution >= 0.6 is 0 Å². The summed E-state index contributed by atoms with van der Waals surface area (Å²) in [7, 11) is -5.81. The van der Waals surface area contributed by atoms with Gasteiger partial charge < -0.3 is 20.0 Å². The normalized spacial score (nSPS) is 12.7. The molecule has 0 radical (unpaired) electrons. The van der Waals surface area contributed by atoms with Crippen molar-refractivity contribution < 1.29 is 27.9 Å². The van der Waals surface area contributed by atoms with Crippen molar-refractivity contribution in [1.29, 1.82) is 0 Å². The summed E-state index contributed by atoms with van der Waals surface area (Å²) >= 11 is 0. The van der Waals surface area contributed by atoms with Gasteiger partial charge in [0.1, 0.15) is 6.23 Å². The monoisotopic (exact) mass is 448 g/mol. The molecular weight excluding hydrogens is 419 g/mol. The highest BCUT2D eigenvalue weighted by molar-refractivity contribution is 7.89. The van der Waals surface area contributed by atoms with E-state index in [0.717, 1.165) is 11.1 Å². The SMILES string of the molecule is Cc1ccc(C[C@H](NC(=O)CCN(C(C)C)S(=O)(=O)c2ccccc2)OB(O)O)cc1. The first-order valence-corrected chi connectivity index (χ1v) is 11.5. The molecule has 168 valence electrons. The number of hydrogen-bond donors (Lipinski definition) is 3. The van der Waals surface area contributed by atoms with E-state index in [4.69, 9.17) is 4.65 Å². The fourth-order valence-corrected chi connectivity index (χ4v) is 4.72. The van der Waals surface area contributed by atoms with Gasteiger partial charge in [0.2, 0.25) is 15.9 Å². The minimum atomic E-state index is -3.75. The van der Waals surface area contributed by atoms with Gasteiger partial charge in [-0.15, -0.1) is 0 Å². The minimum absolute atomic E-state index is 0.0281. The van der Waals surface area contributed by atoms with Crippen LogP contribution < -0.4 is 5.32 Å². The van der Waals surface area contributed by atoms with Gasteiger partial charge in [-0.3, -0.25) is 4.79 Å². The predicted molar refractivity (Wildman–Crippen MR) is 118 cm³/mol. The molecule has 0 aliphatic rings. The van der Waals surface area contributed by atoms with Gasteiger partial charge in [0, 0.05) is 25.4 Å². The summed E-state index contributed by atoms with van der Waals surface area (Å²) in [4.78, 5) is 12.7. The van der Waals surface area contributed by atoms with E-state index in [9.17, 15) is 23.3 Å². The zero-order valence-electron chi connectivity index (χ0n) is 17.9. The third-order valence-electron chi connectivity index (χ3n) is 4.63. The van der Waals surface area contributed by atoms with E-state index in [0.29, 0.717) is 0 Å². The Bertz CT molecular complexity index is 936. The molecule has 0 aliphatic heterocycles. The molecule has 0 aliphatic carbocycles. The van der Waals surface area contributed by atoms with Crippen LogP contribution in [0.1, 0.15) is 31.4 Å². The third kappa shape index (κ3) is 7.75. The van der Waals surface area contributed by atoms with E-state index in [-0.39, 0.29) is 30.3 Å². The molecule has 0 saturated heterocycles. The smallest absolute Gasteiger partial charge is 0.402 e. The lowest BCUT2D eigenvalue weighted by Crippen LogP contribution is -2.44. The molecular formula is C21H29BN2O6S. The van der Waals surface area contributed by atoms with Gasteiger partial charge in [0.25, 0.3) is 0 Å². The lowest BCUT2D eigenvalue weighted by Gasteiger charge is -2.26. The van der Waals surface area contributed by atoms with E-state index >= 15 is 0 Å². The maximum absolute atomic E-state index is 12.9. The maximum Gasteiger partial charge on any atom is 0.635 e. The van der Waals surface area contributed by atoms with Crippen molar-refractivity contribution >= 4 is 23.3 Å². The molecule has 0 saturated carbocycles. The Morgan fingerprint density at radius 2 is 1.71 bits per heavy atom. The zero-order valence-corrected chi connectivity index (χ0v) is 18.7. The largest absolute Gasteiger partial charge is 0.635 e. The number of benzene rings is 2. The molecule has 2 aromatic carbocycles. The number of aryl methyl sites for hydroxylation is 1. The topological polar surface area (TPSA) is 116 Å². The number of amides is 1. The number of nitrogens with one attached hydrogen (secondary N) is 1. The summed E-state index contributed by atoms with van der Waals surface area (Å²) in [6.07, 6.45) is -0.868. The molecule has 0 heterocycles. The zero-order chi connectivity index (χ0) is 23.0. The standard InChI is InChI=1S/C21H29BN2O6S/c1-16(2)24(31(28,29)19-7-5-4-6-8-19)14-13-20(25)23-21(30-22(26)27)15-18-11-9-17(3)10-12-18/h4-12,16,21,26-27H,13-15H2,1-3H3,(H,23,25)/t21-/m1/s1. The first kappa shape index (κ1) is 25.0. The molecule has 0 aromatic heterocycles. The van der Waals surface area contributed by atoms with Crippen LogP contribution in [0.25, 0.3) is 0 Å². The molecule has 8 nitrogen and oxygen atoms in total. The van der Waals surface area contributed by atoms with Crippen molar-refractivity contribution in [3.63, 3.8) is 0 Å². The van der Waals surface area contributed by atoms with E-state index in [2.05, 4.69) is 5.32 Å². The van der Waals surface area contributed by atoms with E-state index in [1.807, 2.05) is 31.2 Å². The molecule has 0 unspecified atom stereocenters. The van der Waals surface area contributed by atoms with E-state index < -0.39 is 29.5 Å². The molecule has 31 heavy (non-hydrogen) atoms. The summed E-state index contributed by atoms with van der Waals surface area (Å²) in [6.45, 7) is 5.40. The second kappa shape index (κ2) is 11.4. The molecule has 1 atom stereocenters. The van der Waals surface area contributed by atoms with E-state index in [1.165, 1.54) is 16.4 Å². The predicted octanol–water partition coefficient (Wildman–Crippen LogP) is 1.46. The van der Waals surface area contributed by atoms with Gasteiger partial charge in [-0.2, -0.15) is 4.31 Å². The second-order valence-corrected chi connectivity index (χ2v) is 9.37. The van der Waals surface area contributed by atoms with Gasteiger partial charge in [-0.1, -0.05) is 48.0 Å². The van der Waals surface area contributed by atoms with Crippen molar-refractivity contribution in [2.45, 2.75) is 50.8 Å². The molecule has 2 aromatic rings. The van der Waals surface area contributed by atoms with Crippen molar-refractivity contribution in [3.05, 3.63) is 65.7 Å². The molecule has 3 N–H and O–H groups in total. The first-order valence-electron chi connectivity index (χ1n) is 10.0. The molecule has 10 heteroatoms. The second-order valence-electron chi connectivity index (χ2n) is 7.48. The van der Waals surface area contributed by atoms with Crippen molar-refractivity contribution in [3.8, 4) is 0 Å². The number of carbonyl (C=O) groups is 1. The van der Waals surface area contributed by atoms with E-state index in [1.54, 1.807) is 32.0 Å². The summed E-state index contributed by atoms with van der Waals surface area (Å²) in [6, 6.07) is 15.2. The summed E-state index contributed by atoms with van der Waals surface area (Å²) < 4.78 is 32.1. The summed E-state index contributed by atoms with van der Waals surface area (Å²) in [5.74, 6) is -0.466. The van der Waals surface area contributed by atoms with Crippen LogP contribution in [0.15, 0.2) is 59.5 Å². The number of rotatable bonds is 11. The number of sulfonamides is 1. The van der Waals surface area contributed by atoms with Crippen molar-refractivity contribution in [2.75, 3.05) is 6.54 Å². The van der Waals surface area contributed by atoms with Crippen LogP contribution in [0.5, 0.6) is 0 Å². The first-order chi connectivity index (χ1) is 14.6. The Morgan fingerprint density at radius 1 is 1.10 bits per heavy atom. The van der Waals surface area contributed by atoms with Crippen molar-refractivity contribution in [2.24, 2.45) is 0 Å². The Morgan fingerprint density at radius 3 is 2.26 bits per heavy atom. The molecule has 0 bridgehead atoms. The highest BCUT2D eigenvalue weighted by Gasteiger charge is 2.28. The van der Waals surface area contributed by atoms with Crippen LogP contribution in [0.3, 0.4) is 0 Å². The fraction of sp³-hybridized carbons (Fsp3) is 0.381. The lowest BCUT2D eigenvalue weighted by molar-refractivity contribution is -0.124. The van der Waals surface area contributed by atoms with Crippen molar-refractivity contribution in [1.82, 2.24) is 9.62 Å². The number of nitrogens with zero attached hydrogens (tertiary/aromatic N) is 1. The molecule has 1 amide bonds. The average molecular weight is 448 g/mol. The van der Waals surface area contributed by atoms with Crippen LogP contribution in [0, 0.1) is 6.92 Å². The molecule has 2 rings (SSSR count). The van der Waals surface area contributed by atoms with Gasteiger partial charge in [0.15, 0.2) is 0 Å². The Hall–Kier alpha value is -2.24. The third-order valence-corrected chi connectivity index (χ3v) is 6.72. The Labute approximate surface area is 184 Å². The maximum atomic E-state index is 12.9. The molecule has 0 spiro atoms. The van der Waals surface area contributed by atoms with Crippen LogP contribution in [0.4, 0.5) is 0 Å². The number of hydrogen-bond acceptors (Lipinski definition) is 6. The fourth-order valence-electron chi connectivity index (χ4n) is 3.07. The van der Waals surface area contributed by atoms with Gasteiger partial charge in [-0.05, 0) is 38.5 Å². The Balaban J connectivity index is 2.04. The van der Waals surface area contributed by atoms with Crippen LogP contribution in [0.2, 0.25) is 0 Å². The van der Waals surface area contributed by atoms with Crippen LogP contribution in [-0.2, 0) is 25.9 Å².